The molecule has 1 saturated carbocycles. The highest BCUT2D eigenvalue weighted by Crippen LogP contribution is 2.42. The van der Waals surface area contributed by atoms with Crippen LogP contribution in [0.25, 0.3) is 0 Å². The van der Waals surface area contributed by atoms with Gasteiger partial charge in [0.2, 0.25) is 10.0 Å². The number of nitrogens with one attached hydrogen (secondary N) is 1. The smallest absolute Gasteiger partial charge is 0.211 e. The maximum Gasteiger partial charge on any atom is 0.211 e. The highest BCUT2D eigenvalue weighted by atomic mass is 32.2. The lowest BCUT2D eigenvalue weighted by Crippen LogP contribution is -2.32. The van der Waals surface area contributed by atoms with Gasteiger partial charge >= 0.3 is 0 Å². The van der Waals surface area contributed by atoms with Gasteiger partial charge in [0.1, 0.15) is 0 Å². The molecule has 0 radical (unpaired) electrons. The molecule has 2 aliphatic rings. The van der Waals surface area contributed by atoms with Gasteiger partial charge in [-0.3, -0.25) is 0 Å². The second-order valence-corrected chi connectivity index (χ2v) is 6.63. The molecule has 0 aromatic heterocycles. The molecule has 2 aliphatic carbocycles. The fourth-order valence-electron chi connectivity index (χ4n) is 2.70. The zero-order chi connectivity index (χ0) is 10.9. The third-order valence-electron chi connectivity index (χ3n) is 3.45. The Balaban J connectivity index is 1.82. The summed E-state index contributed by atoms with van der Waals surface area (Å²) in [6.07, 6.45) is 7.62. The Bertz CT molecular complexity index is 348. The SMILES string of the molecule is CCCS(=O)(=O)NC[C@@H]1C[C@H]2C=C[C@H]1C2. The van der Waals surface area contributed by atoms with Crippen molar-refractivity contribution < 1.29 is 8.42 Å². The van der Waals surface area contributed by atoms with Gasteiger partial charge in [-0.15, -0.1) is 0 Å². The van der Waals surface area contributed by atoms with E-state index >= 15 is 0 Å². The van der Waals surface area contributed by atoms with Crippen LogP contribution in [-0.2, 0) is 10.0 Å². The summed E-state index contributed by atoms with van der Waals surface area (Å²) in [6, 6.07) is 0. The van der Waals surface area contributed by atoms with Gasteiger partial charge < -0.3 is 0 Å². The minimum absolute atomic E-state index is 0.254. The first-order chi connectivity index (χ1) is 7.11. The largest absolute Gasteiger partial charge is 0.215 e. The zero-order valence-electron chi connectivity index (χ0n) is 9.15. The summed E-state index contributed by atoms with van der Waals surface area (Å²) in [5.74, 6) is 2.13. The summed E-state index contributed by atoms with van der Waals surface area (Å²) in [5, 5.41) is 0. The first-order valence-electron chi connectivity index (χ1n) is 5.76. The molecule has 0 aromatic rings. The minimum atomic E-state index is -3.01. The molecule has 0 saturated heterocycles. The van der Waals surface area contributed by atoms with E-state index in [0.29, 0.717) is 24.8 Å². The topological polar surface area (TPSA) is 46.2 Å². The van der Waals surface area contributed by atoms with Crippen LogP contribution in [0.15, 0.2) is 12.2 Å². The Hall–Kier alpha value is -0.350. The lowest BCUT2D eigenvalue weighted by Gasteiger charge is -2.18. The molecule has 0 aliphatic heterocycles. The molecule has 86 valence electrons. The quantitative estimate of drug-likeness (QED) is 0.727. The maximum absolute atomic E-state index is 11.5. The van der Waals surface area contributed by atoms with E-state index in [9.17, 15) is 8.42 Å². The van der Waals surface area contributed by atoms with E-state index in [1.807, 2.05) is 6.92 Å². The monoisotopic (exact) mass is 229 g/mol. The molecule has 2 rings (SSSR count). The minimum Gasteiger partial charge on any atom is -0.215 e. The Labute approximate surface area is 92.0 Å². The van der Waals surface area contributed by atoms with Gasteiger partial charge in [-0.2, -0.15) is 0 Å². The molecule has 15 heavy (non-hydrogen) atoms. The summed E-state index contributed by atoms with van der Waals surface area (Å²) in [7, 11) is -3.01. The van der Waals surface area contributed by atoms with Crippen molar-refractivity contribution >= 4 is 10.0 Å². The molecule has 3 atom stereocenters. The third-order valence-corrected chi connectivity index (χ3v) is 5.01. The van der Waals surface area contributed by atoms with Crippen molar-refractivity contribution in [2.45, 2.75) is 26.2 Å². The fraction of sp³-hybridized carbons (Fsp3) is 0.818. The van der Waals surface area contributed by atoms with Crippen molar-refractivity contribution in [3.05, 3.63) is 12.2 Å². The van der Waals surface area contributed by atoms with Crippen molar-refractivity contribution in [1.82, 2.24) is 4.72 Å². The van der Waals surface area contributed by atoms with E-state index in [1.54, 1.807) is 0 Å². The number of sulfonamides is 1. The van der Waals surface area contributed by atoms with Crippen LogP contribution in [0.3, 0.4) is 0 Å². The van der Waals surface area contributed by atoms with Crippen LogP contribution in [0.1, 0.15) is 26.2 Å². The van der Waals surface area contributed by atoms with Crippen LogP contribution >= 0.6 is 0 Å². The second-order valence-electron chi connectivity index (χ2n) is 4.71. The van der Waals surface area contributed by atoms with E-state index in [0.717, 1.165) is 12.3 Å². The van der Waals surface area contributed by atoms with E-state index in [4.69, 9.17) is 0 Å². The molecule has 0 unspecified atom stereocenters. The van der Waals surface area contributed by atoms with Crippen LogP contribution in [0.4, 0.5) is 0 Å². The van der Waals surface area contributed by atoms with Crippen molar-refractivity contribution in [2.24, 2.45) is 17.8 Å². The van der Waals surface area contributed by atoms with Crippen molar-refractivity contribution in [3.8, 4) is 0 Å². The molecular weight excluding hydrogens is 210 g/mol. The Morgan fingerprint density at radius 3 is 2.67 bits per heavy atom. The van der Waals surface area contributed by atoms with Crippen molar-refractivity contribution in [1.29, 1.82) is 0 Å². The van der Waals surface area contributed by atoms with Gasteiger partial charge in [0.05, 0.1) is 5.75 Å². The Morgan fingerprint density at radius 1 is 1.33 bits per heavy atom. The maximum atomic E-state index is 11.5. The summed E-state index contributed by atoms with van der Waals surface area (Å²) in [5.41, 5.74) is 0. The summed E-state index contributed by atoms with van der Waals surface area (Å²) in [4.78, 5) is 0. The van der Waals surface area contributed by atoms with Crippen LogP contribution in [0, 0.1) is 17.8 Å². The molecule has 0 aromatic carbocycles. The van der Waals surface area contributed by atoms with E-state index in [1.165, 1.54) is 6.42 Å². The van der Waals surface area contributed by atoms with Crippen LogP contribution in [-0.4, -0.2) is 20.7 Å². The highest BCUT2D eigenvalue weighted by molar-refractivity contribution is 7.89. The zero-order valence-corrected chi connectivity index (χ0v) is 9.96. The van der Waals surface area contributed by atoms with E-state index < -0.39 is 10.0 Å². The Morgan fingerprint density at radius 2 is 2.13 bits per heavy atom. The van der Waals surface area contributed by atoms with Gasteiger partial charge in [-0.1, -0.05) is 19.1 Å². The first kappa shape index (κ1) is 11.1. The highest BCUT2D eigenvalue weighted by Gasteiger charge is 2.35. The summed E-state index contributed by atoms with van der Waals surface area (Å²) in [6.45, 7) is 2.52. The number of hydrogen-bond donors (Lipinski definition) is 1. The Kier molecular flexibility index (Phi) is 3.16. The molecular formula is C11H19NO2S. The lowest BCUT2D eigenvalue weighted by atomic mass is 9.94. The number of fused-ring (bicyclic) bond motifs is 2. The normalized spacial score (nSPS) is 33.8. The van der Waals surface area contributed by atoms with Gasteiger partial charge in [0.25, 0.3) is 0 Å². The number of rotatable bonds is 5. The molecule has 2 bridgehead atoms. The molecule has 1 N–H and O–H groups in total. The van der Waals surface area contributed by atoms with Crippen LogP contribution in [0.5, 0.6) is 0 Å². The predicted molar refractivity (Wildman–Crippen MR) is 60.9 cm³/mol. The molecule has 4 heteroatoms. The van der Waals surface area contributed by atoms with E-state index in [2.05, 4.69) is 16.9 Å². The molecule has 0 spiro atoms. The average Bonchev–Trinajstić information content (AvgIpc) is 2.75. The first-order valence-corrected chi connectivity index (χ1v) is 7.41. The van der Waals surface area contributed by atoms with Crippen LogP contribution < -0.4 is 4.72 Å². The second kappa shape index (κ2) is 4.26. The predicted octanol–water partition coefficient (Wildman–Crippen LogP) is 1.53. The van der Waals surface area contributed by atoms with Gasteiger partial charge in [0, 0.05) is 6.54 Å². The summed E-state index contributed by atoms with van der Waals surface area (Å²) >= 11 is 0. The lowest BCUT2D eigenvalue weighted by molar-refractivity contribution is 0.440. The molecule has 3 nitrogen and oxygen atoms in total. The molecule has 0 heterocycles. The fourth-order valence-corrected chi connectivity index (χ4v) is 3.85. The molecule has 1 fully saturated rings. The van der Waals surface area contributed by atoms with Crippen LogP contribution in [0.2, 0.25) is 0 Å². The van der Waals surface area contributed by atoms with E-state index in [-0.39, 0.29) is 5.75 Å². The van der Waals surface area contributed by atoms with Crippen molar-refractivity contribution in [3.63, 3.8) is 0 Å². The van der Waals surface area contributed by atoms with Gasteiger partial charge in [-0.25, -0.2) is 13.1 Å². The summed E-state index contributed by atoms with van der Waals surface area (Å²) < 4.78 is 25.7. The standard InChI is InChI=1S/C11H19NO2S/c1-2-5-15(13,14)12-8-11-7-9-3-4-10(11)6-9/h3-4,9-12H,2,5-8H2,1H3/t9-,10-,11-/m0/s1. The number of allylic oxidation sites excluding steroid dienone is 2. The number of hydrogen-bond acceptors (Lipinski definition) is 2. The van der Waals surface area contributed by atoms with Gasteiger partial charge in [-0.05, 0) is 37.0 Å². The molecule has 0 amide bonds. The third kappa shape index (κ3) is 2.61. The average molecular weight is 229 g/mol. The van der Waals surface area contributed by atoms with Gasteiger partial charge in [0.15, 0.2) is 0 Å². The van der Waals surface area contributed by atoms with Crippen molar-refractivity contribution in [2.75, 3.05) is 12.3 Å².